The minimum atomic E-state index is -0.0946. The summed E-state index contributed by atoms with van der Waals surface area (Å²) in [4.78, 5) is 5.84. The average molecular weight is 421 g/mol. The number of aryl methyl sites for hydroxylation is 1. The highest BCUT2D eigenvalue weighted by Crippen LogP contribution is 2.35. The highest BCUT2D eigenvalue weighted by atomic mass is 16.3. The molecule has 3 aromatic rings. The topological polar surface area (TPSA) is 67.9 Å². The largest absolute Gasteiger partial charge is 0.396 e. The first-order valence-electron chi connectivity index (χ1n) is 11.5. The summed E-state index contributed by atoms with van der Waals surface area (Å²) in [6.07, 6.45) is 6.94. The normalized spacial score (nSPS) is 15.1. The fourth-order valence-corrected chi connectivity index (χ4v) is 4.67. The van der Waals surface area contributed by atoms with Crippen molar-refractivity contribution >= 4 is 16.6 Å². The Bertz CT molecular complexity index is 1070. The first kappa shape index (κ1) is 21.7. The average Bonchev–Trinajstić information content (AvgIpc) is 3.50. The van der Waals surface area contributed by atoms with Gasteiger partial charge >= 0.3 is 0 Å². The minimum Gasteiger partial charge on any atom is -0.396 e. The SMILES string of the molecule is C=C(C1CCCC1)N(C)c1ccc2cc(-c3n[nH]c(C)c3CCC(C)(C)CO)[nH]c2c1. The Morgan fingerprint density at radius 3 is 2.71 bits per heavy atom. The van der Waals surface area contributed by atoms with Crippen molar-refractivity contribution in [2.24, 2.45) is 11.3 Å². The molecule has 1 fully saturated rings. The van der Waals surface area contributed by atoms with Crippen molar-refractivity contribution in [1.29, 1.82) is 0 Å². The number of fused-ring (bicyclic) bond motifs is 1. The highest BCUT2D eigenvalue weighted by Gasteiger charge is 2.22. The van der Waals surface area contributed by atoms with Gasteiger partial charge in [-0.1, -0.05) is 39.3 Å². The molecule has 0 atom stereocenters. The number of hydrogen-bond donors (Lipinski definition) is 3. The monoisotopic (exact) mass is 420 g/mol. The third-order valence-corrected chi connectivity index (χ3v) is 7.06. The zero-order valence-electron chi connectivity index (χ0n) is 19.4. The molecule has 1 saturated carbocycles. The van der Waals surface area contributed by atoms with E-state index in [2.05, 4.69) is 78.7 Å². The van der Waals surface area contributed by atoms with Crippen molar-refractivity contribution < 1.29 is 5.11 Å². The molecule has 1 aromatic carbocycles. The molecule has 5 nitrogen and oxygen atoms in total. The fourth-order valence-electron chi connectivity index (χ4n) is 4.67. The third-order valence-electron chi connectivity index (χ3n) is 7.06. The van der Waals surface area contributed by atoms with Gasteiger partial charge in [0.25, 0.3) is 0 Å². The molecule has 5 heteroatoms. The number of hydrogen-bond acceptors (Lipinski definition) is 3. The summed E-state index contributed by atoms with van der Waals surface area (Å²) in [5, 5.41) is 18.6. The highest BCUT2D eigenvalue weighted by molar-refractivity contribution is 5.88. The maximum absolute atomic E-state index is 9.61. The molecule has 2 heterocycles. The number of rotatable bonds is 8. The van der Waals surface area contributed by atoms with Crippen molar-refractivity contribution in [2.75, 3.05) is 18.6 Å². The molecule has 3 N–H and O–H groups in total. The van der Waals surface area contributed by atoms with E-state index in [4.69, 9.17) is 0 Å². The zero-order chi connectivity index (χ0) is 22.2. The van der Waals surface area contributed by atoms with E-state index in [0.29, 0.717) is 5.92 Å². The van der Waals surface area contributed by atoms with Crippen LogP contribution >= 0.6 is 0 Å². The van der Waals surface area contributed by atoms with Crippen molar-refractivity contribution in [3.63, 3.8) is 0 Å². The molecule has 4 rings (SSSR count). The lowest BCUT2D eigenvalue weighted by atomic mass is 9.86. The summed E-state index contributed by atoms with van der Waals surface area (Å²) in [5.74, 6) is 0.609. The molecule has 0 spiro atoms. The predicted octanol–water partition coefficient (Wildman–Crippen LogP) is 5.96. The molecule has 0 aliphatic heterocycles. The molecule has 0 radical (unpaired) electrons. The summed E-state index contributed by atoms with van der Waals surface area (Å²) in [7, 11) is 2.13. The van der Waals surface area contributed by atoms with Gasteiger partial charge in [0.15, 0.2) is 0 Å². The number of aromatic amines is 2. The Balaban J connectivity index is 1.60. The van der Waals surface area contributed by atoms with Crippen LogP contribution < -0.4 is 4.90 Å². The van der Waals surface area contributed by atoms with Gasteiger partial charge in [-0.15, -0.1) is 0 Å². The van der Waals surface area contributed by atoms with Gasteiger partial charge in [-0.2, -0.15) is 5.10 Å². The van der Waals surface area contributed by atoms with Crippen molar-refractivity contribution in [1.82, 2.24) is 15.2 Å². The molecule has 0 saturated heterocycles. The van der Waals surface area contributed by atoms with Gasteiger partial charge in [-0.25, -0.2) is 0 Å². The van der Waals surface area contributed by atoms with Crippen molar-refractivity contribution in [3.8, 4) is 11.4 Å². The van der Waals surface area contributed by atoms with Gasteiger partial charge in [0.1, 0.15) is 5.69 Å². The molecular weight excluding hydrogens is 384 g/mol. The van der Waals surface area contributed by atoms with Gasteiger partial charge in [-0.3, -0.25) is 5.10 Å². The molecule has 0 bridgehead atoms. The summed E-state index contributed by atoms with van der Waals surface area (Å²) in [5.41, 5.74) is 7.74. The van der Waals surface area contributed by atoms with Crippen LogP contribution in [0.5, 0.6) is 0 Å². The molecule has 31 heavy (non-hydrogen) atoms. The van der Waals surface area contributed by atoms with Crippen LogP contribution in [0.1, 0.15) is 57.2 Å². The van der Waals surface area contributed by atoms with Crippen LogP contribution in [0.15, 0.2) is 36.5 Å². The van der Waals surface area contributed by atoms with E-state index in [0.717, 1.165) is 35.4 Å². The van der Waals surface area contributed by atoms with E-state index in [1.165, 1.54) is 48.0 Å². The second-order valence-corrected chi connectivity index (χ2v) is 9.98. The fraction of sp³-hybridized carbons (Fsp3) is 0.500. The number of aliphatic hydroxyl groups is 1. The van der Waals surface area contributed by atoms with Crippen molar-refractivity contribution in [2.45, 2.75) is 59.3 Å². The number of anilines is 1. The van der Waals surface area contributed by atoms with Crippen LogP contribution in [0.3, 0.4) is 0 Å². The molecular formula is C26H36N4O. The van der Waals surface area contributed by atoms with Gasteiger partial charge in [0.05, 0.1) is 5.69 Å². The van der Waals surface area contributed by atoms with Gasteiger partial charge in [-0.05, 0) is 62.1 Å². The number of benzene rings is 1. The Hall–Kier alpha value is -2.53. The molecule has 1 aliphatic carbocycles. The zero-order valence-corrected chi connectivity index (χ0v) is 19.4. The van der Waals surface area contributed by atoms with E-state index >= 15 is 0 Å². The first-order valence-corrected chi connectivity index (χ1v) is 11.5. The summed E-state index contributed by atoms with van der Waals surface area (Å²) in [6, 6.07) is 8.76. The van der Waals surface area contributed by atoms with Crippen molar-refractivity contribution in [3.05, 3.63) is 47.8 Å². The van der Waals surface area contributed by atoms with Crippen LogP contribution in [-0.2, 0) is 6.42 Å². The Labute approximate surface area is 185 Å². The standard InChI is InChI=1S/C26H36N4O/c1-17-22(12-13-26(3,4)16-31)25(29-28-17)24-14-20-10-11-21(15-23(20)27-24)30(5)18(2)19-8-6-7-9-19/h10-11,14-15,19,27,31H,2,6-9,12-13,16H2,1,3-5H3,(H,28,29). The number of allylic oxidation sites excluding steroid dienone is 1. The summed E-state index contributed by atoms with van der Waals surface area (Å²) >= 11 is 0. The second kappa shape index (κ2) is 8.54. The van der Waals surface area contributed by atoms with Gasteiger partial charge in [0, 0.05) is 47.2 Å². The minimum absolute atomic E-state index is 0.0946. The van der Waals surface area contributed by atoms with Crippen LogP contribution in [0.25, 0.3) is 22.3 Å². The quantitative estimate of drug-likeness (QED) is 0.421. The molecule has 0 unspecified atom stereocenters. The van der Waals surface area contributed by atoms with Gasteiger partial charge in [0.2, 0.25) is 0 Å². The van der Waals surface area contributed by atoms with E-state index < -0.39 is 0 Å². The Morgan fingerprint density at radius 1 is 1.26 bits per heavy atom. The van der Waals surface area contributed by atoms with Crippen LogP contribution in [0.4, 0.5) is 5.69 Å². The lowest BCUT2D eigenvalue weighted by Gasteiger charge is -2.26. The smallest absolute Gasteiger partial charge is 0.112 e. The van der Waals surface area contributed by atoms with Gasteiger partial charge < -0.3 is 15.0 Å². The second-order valence-electron chi connectivity index (χ2n) is 9.98. The van der Waals surface area contributed by atoms with Crippen LogP contribution in [0, 0.1) is 18.3 Å². The maximum atomic E-state index is 9.61. The number of aromatic nitrogens is 3. The lowest BCUT2D eigenvalue weighted by Crippen LogP contribution is -2.20. The van der Waals surface area contributed by atoms with E-state index in [-0.39, 0.29) is 12.0 Å². The first-order chi connectivity index (χ1) is 14.8. The number of nitrogens with zero attached hydrogens (tertiary/aromatic N) is 2. The predicted molar refractivity (Wildman–Crippen MR) is 129 cm³/mol. The Morgan fingerprint density at radius 2 is 2.00 bits per heavy atom. The van der Waals surface area contributed by atoms with E-state index in [9.17, 15) is 5.11 Å². The maximum Gasteiger partial charge on any atom is 0.112 e. The number of H-pyrrole nitrogens is 2. The third kappa shape index (κ3) is 4.42. The molecule has 2 aromatic heterocycles. The van der Waals surface area contributed by atoms with Crippen LogP contribution in [-0.4, -0.2) is 33.9 Å². The van der Waals surface area contributed by atoms with E-state index in [1.807, 2.05) is 0 Å². The summed E-state index contributed by atoms with van der Waals surface area (Å²) in [6.45, 7) is 10.9. The molecule has 0 amide bonds. The van der Waals surface area contributed by atoms with Crippen LogP contribution in [0.2, 0.25) is 0 Å². The molecule has 166 valence electrons. The van der Waals surface area contributed by atoms with E-state index in [1.54, 1.807) is 0 Å². The number of nitrogens with one attached hydrogen (secondary N) is 2. The summed E-state index contributed by atoms with van der Waals surface area (Å²) < 4.78 is 0. The number of aliphatic hydroxyl groups excluding tert-OH is 1. The Kier molecular flexibility index (Phi) is 5.98. The molecule has 1 aliphatic rings. The lowest BCUT2D eigenvalue weighted by molar-refractivity contribution is 0.151.